The Morgan fingerprint density at radius 3 is 2.36 bits per heavy atom. The Hall–Kier alpha value is -0.810. The summed E-state index contributed by atoms with van der Waals surface area (Å²) in [5.74, 6) is 0.978. The van der Waals surface area contributed by atoms with Gasteiger partial charge >= 0.3 is 0 Å². The maximum atomic E-state index is 12.0. The van der Waals surface area contributed by atoms with Gasteiger partial charge in [0.2, 0.25) is 5.91 Å². The van der Waals surface area contributed by atoms with E-state index in [0.717, 1.165) is 38.4 Å². The van der Waals surface area contributed by atoms with E-state index in [2.05, 4.69) is 52.8 Å². The summed E-state index contributed by atoms with van der Waals surface area (Å²) >= 11 is 0. The van der Waals surface area contributed by atoms with Gasteiger partial charge in [0.1, 0.15) is 0 Å². The van der Waals surface area contributed by atoms with Crippen molar-refractivity contribution in [2.45, 2.75) is 44.7 Å². The van der Waals surface area contributed by atoms with E-state index in [1.54, 1.807) is 0 Å². The number of rotatable bonds is 7. The molecule has 3 rings (SSSR count). The Morgan fingerprint density at radius 2 is 1.76 bits per heavy atom. The molecule has 1 saturated carbocycles. The fourth-order valence-corrected chi connectivity index (χ4v) is 3.36. The molecule has 1 aliphatic heterocycles. The molecule has 2 N–H and O–H groups in total. The average Bonchev–Trinajstić information content (AvgIpc) is 3.40. The summed E-state index contributed by atoms with van der Waals surface area (Å²) in [5, 5.41) is 6.45. The molecule has 1 aliphatic carbocycles. The van der Waals surface area contributed by atoms with E-state index in [1.165, 1.54) is 18.4 Å². The molecule has 0 radical (unpaired) electrons. The molecule has 25 heavy (non-hydrogen) atoms. The van der Waals surface area contributed by atoms with Crippen molar-refractivity contribution in [1.82, 2.24) is 15.5 Å². The van der Waals surface area contributed by atoms with Crippen LogP contribution in [0.5, 0.6) is 0 Å². The van der Waals surface area contributed by atoms with Crippen molar-refractivity contribution in [2.75, 3.05) is 26.2 Å². The van der Waals surface area contributed by atoms with Crippen molar-refractivity contribution in [3.63, 3.8) is 0 Å². The molecule has 1 heterocycles. The summed E-state index contributed by atoms with van der Waals surface area (Å²) < 4.78 is 0. The first kappa shape index (κ1) is 22.2. The maximum absolute atomic E-state index is 12.0. The lowest BCUT2D eigenvalue weighted by molar-refractivity contribution is -0.121. The van der Waals surface area contributed by atoms with E-state index in [1.807, 2.05) is 0 Å². The molecular weight excluding hydrogens is 357 g/mol. The second-order valence-corrected chi connectivity index (χ2v) is 7.04. The third-order valence-corrected chi connectivity index (χ3v) is 5.14. The molecule has 142 valence electrons. The number of likely N-dealkylation sites (tertiary alicyclic amines) is 1. The van der Waals surface area contributed by atoms with Crippen molar-refractivity contribution >= 4 is 30.7 Å². The zero-order chi connectivity index (χ0) is 16.1. The Labute approximate surface area is 163 Å². The molecule has 0 aromatic heterocycles. The van der Waals surface area contributed by atoms with E-state index in [-0.39, 0.29) is 30.7 Å². The largest absolute Gasteiger partial charge is 0.352 e. The first-order chi connectivity index (χ1) is 11.2. The van der Waals surface area contributed by atoms with Crippen LogP contribution in [0.3, 0.4) is 0 Å². The highest BCUT2D eigenvalue weighted by atomic mass is 35.5. The van der Waals surface area contributed by atoms with Crippen LogP contribution in [-0.2, 0) is 4.79 Å². The zero-order valence-electron chi connectivity index (χ0n) is 14.9. The lowest BCUT2D eigenvalue weighted by Gasteiger charge is -2.36. The lowest BCUT2D eigenvalue weighted by atomic mass is 10.00. The van der Waals surface area contributed by atoms with E-state index in [4.69, 9.17) is 0 Å². The van der Waals surface area contributed by atoms with Crippen LogP contribution in [0, 0.1) is 5.92 Å². The molecule has 2 fully saturated rings. The summed E-state index contributed by atoms with van der Waals surface area (Å²) in [5.41, 5.74) is 1.37. The van der Waals surface area contributed by atoms with Gasteiger partial charge in [0.25, 0.3) is 0 Å². The third kappa shape index (κ3) is 7.14. The van der Waals surface area contributed by atoms with Crippen molar-refractivity contribution in [2.24, 2.45) is 5.92 Å². The number of halogens is 2. The number of amides is 1. The van der Waals surface area contributed by atoms with Gasteiger partial charge in [-0.15, -0.1) is 24.8 Å². The maximum Gasteiger partial charge on any atom is 0.234 e. The highest BCUT2D eigenvalue weighted by Crippen LogP contribution is 2.27. The van der Waals surface area contributed by atoms with Crippen LogP contribution in [0.15, 0.2) is 30.3 Å². The van der Waals surface area contributed by atoms with Crippen LogP contribution in [0.4, 0.5) is 0 Å². The fraction of sp³-hybridized carbons (Fsp3) is 0.632. The summed E-state index contributed by atoms with van der Waals surface area (Å²) in [6.07, 6.45) is 4.75. The molecule has 1 aromatic rings. The zero-order valence-corrected chi connectivity index (χ0v) is 16.6. The van der Waals surface area contributed by atoms with Gasteiger partial charge in [0.15, 0.2) is 0 Å². The Morgan fingerprint density at radius 1 is 1.12 bits per heavy atom. The van der Waals surface area contributed by atoms with Crippen LogP contribution in [0.2, 0.25) is 0 Å². The molecule has 6 heteroatoms. The van der Waals surface area contributed by atoms with E-state index in [0.29, 0.717) is 18.6 Å². The number of hydrogen-bond donors (Lipinski definition) is 2. The highest BCUT2D eigenvalue weighted by Gasteiger charge is 2.25. The first-order valence-electron chi connectivity index (χ1n) is 9.01. The molecule has 1 amide bonds. The average molecular weight is 388 g/mol. The van der Waals surface area contributed by atoms with E-state index in [9.17, 15) is 4.79 Å². The third-order valence-electron chi connectivity index (χ3n) is 5.14. The van der Waals surface area contributed by atoms with Crippen LogP contribution in [0.25, 0.3) is 0 Å². The van der Waals surface area contributed by atoms with Gasteiger partial charge in [0, 0.05) is 25.2 Å². The van der Waals surface area contributed by atoms with Crippen LogP contribution in [0.1, 0.15) is 44.2 Å². The number of benzene rings is 1. The normalized spacial score (nSPS) is 19.4. The van der Waals surface area contributed by atoms with Crippen molar-refractivity contribution in [3.8, 4) is 0 Å². The SMILES string of the molecule is CC(c1ccccc1)N1CCC(NC(=O)CNCC2CC2)CC1.Cl.Cl. The minimum absolute atomic E-state index is 0. The molecule has 1 aromatic carbocycles. The molecule has 1 unspecified atom stereocenters. The van der Waals surface area contributed by atoms with Crippen molar-refractivity contribution in [1.29, 1.82) is 0 Å². The number of hydrogen-bond acceptors (Lipinski definition) is 3. The highest BCUT2D eigenvalue weighted by molar-refractivity contribution is 5.85. The smallest absolute Gasteiger partial charge is 0.234 e. The molecule has 1 atom stereocenters. The van der Waals surface area contributed by atoms with E-state index >= 15 is 0 Å². The summed E-state index contributed by atoms with van der Waals surface area (Å²) in [6.45, 7) is 5.85. The quantitative estimate of drug-likeness (QED) is 0.754. The second kappa shape index (κ2) is 11.0. The number of carbonyl (C=O) groups excluding carboxylic acids is 1. The Balaban J connectivity index is 0.00000156. The van der Waals surface area contributed by atoms with Crippen LogP contribution in [-0.4, -0.2) is 43.0 Å². The summed E-state index contributed by atoms with van der Waals surface area (Å²) in [7, 11) is 0. The first-order valence-corrected chi connectivity index (χ1v) is 9.01. The van der Waals surface area contributed by atoms with Gasteiger partial charge < -0.3 is 10.6 Å². The Kier molecular flexibility index (Phi) is 9.80. The van der Waals surface area contributed by atoms with Gasteiger partial charge in [-0.3, -0.25) is 9.69 Å². The standard InChI is InChI=1S/C19H29N3O.2ClH/c1-15(17-5-3-2-4-6-17)22-11-9-18(10-12-22)21-19(23)14-20-13-16-7-8-16;;/h2-6,15-16,18,20H,7-14H2,1H3,(H,21,23);2*1H. The number of carbonyl (C=O) groups is 1. The number of piperidine rings is 1. The number of nitrogens with one attached hydrogen (secondary N) is 2. The van der Waals surface area contributed by atoms with Gasteiger partial charge in [0.05, 0.1) is 6.54 Å². The van der Waals surface area contributed by atoms with Gasteiger partial charge in [-0.2, -0.15) is 0 Å². The molecule has 2 aliphatic rings. The predicted octanol–water partition coefficient (Wildman–Crippen LogP) is 3.17. The summed E-state index contributed by atoms with van der Waals surface area (Å²) in [4.78, 5) is 14.5. The topological polar surface area (TPSA) is 44.4 Å². The predicted molar refractivity (Wildman–Crippen MR) is 108 cm³/mol. The molecule has 4 nitrogen and oxygen atoms in total. The van der Waals surface area contributed by atoms with E-state index < -0.39 is 0 Å². The monoisotopic (exact) mass is 387 g/mol. The van der Waals surface area contributed by atoms with Crippen LogP contribution < -0.4 is 10.6 Å². The molecular formula is C19H31Cl2N3O. The van der Waals surface area contributed by atoms with Gasteiger partial charge in [-0.1, -0.05) is 30.3 Å². The summed E-state index contributed by atoms with van der Waals surface area (Å²) in [6, 6.07) is 11.5. The molecule has 1 saturated heterocycles. The minimum atomic E-state index is 0. The second-order valence-electron chi connectivity index (χ2n) is 7.04. The van der Waals surface area contributed by atoms with Gasteiger partial charge in [-0.25, -0.2) is 0 Å². The molecule has 0 bridgehead atoms. The fourth-order valence-electron chi connectivity index (χ4n) is 3.36. The Bertz CT molecular complexity index is 503. The number of nitrogens with zero attached hydrogens (tertiary/aromatic N) is 1. The van der Waals surface area contributed by atoms with Crippen LogP contribution >= 0.6 is 24.8 Å². The molecule has 0 spiro atoms. The van der Waals surface area contributed by atoms with Crippen molar-refractivity contribution < 1.29 is 4.79 Å². The minimum Gasteiger partial charge on any atom is -0.352 e. The lowest BCUT2D eigenvalue weighted by Crippen LogP contribution is -2.47. The van der Waals surface area contributed by atoms with Gasteiger partial charge in [-0.05, 0) is 50.6 Å². The van der Waals surface area contributed by atoms with Crippen molar-refractivity contribution in [3.05, 3.63) is 35.9 Å².